The molecule has 0 heterocycles. The maximum absolute atomic E-state index is 13.3. The molecule has 1 aromatic rings. The van der Waals surface area contributed by atoms with E-state index in [1.54, 1.807) is 6.07 Å². The topological polar surface area (TPSA) is 52.0 Å². The first-order valence-corrected chi connectivity index (χ1v) is 4.34. The van der Waals surface area contributed by atoms with E-state index in [0.717, 1.165) is 5.56 Å². The molecule has 1 aromatic carbocycles. The van der Waals surface area contributed by atoms with Gasteiger partial charge >= 0.3 is 0 Å². The molecule has 0 aliphatic carbocycles. The number of hydrogen-bond donors (Lipinski definition) is 2. The summed E-state index contributed by atoms with van der Waals surface area (Å²) in [6.45, 7) is 4.23. The van der Waals surface area contributed by atoms with Crippen LogP contribution < -0.4 is 11.5 Å². The number of nitrogen functional groups attached to an aromatic ring is 1. The van der Waals surface area contributed by atoms with Crippen molar-refractivity contribution in [3.8, 4) is 0 Å². The summed E-state index contributed by atoms with van der Waals surface area (Å²) in [5.74, 6) is -0.0874. The first-order chi connectivity index (χ1) is 6.06. The molecule has 0 aliphatic heterocycles. The largest absolute Gasteiger partial charge is 0.398 e. The van der Waals surface area contributed by atoms with Crippen LogP contribution in [-0.2, 0) is 6.54 Å². The third kappa shape index (κ3) is 1.98. The van der Waals surface area contributed by atoms with Crippen LogP contribution >= 0.6 is 0 Å². The highest BCUT2D eigenvalue weighted by atomic mass is 19.1. The standard InChI is InChI=1S/C10H15FN2/c1-6(2)8-3-7(5-12)10(13)4-9(8)11/h3-4,6H,5,12-13H2,1-2H3. The second-order valence-electron chi connectivity index (χ2n) is 3.43. The highest BCUT2D eigenvalue weighted by Crippen LogP contribution is 2.23. The van der Waals surface area contributed by atoms with Gasteiger partial charge in [0.15, 0.2) is 0 Å². The molecule has 72 valence electrons. The molecule has 2 nitrogen and oxygen atoms in total. The Kier molecular flexibility index (Phi) is 2.88. The van der Waals surface area contributed by atoms with Gasteiger partial charge in [0, 0.05) is 12.2 Å². The average molecular weight is 182 g/mol. The fraction of sp³-hybridized carbons (Fsp3) is 0.400. The fourth-order valence-electron chi connectivity index (χ4n) is 1.27. The summed E-state index contributed by atoms with van der Waals surface area (Å²) >= 11 is 0. The predicted octanol–water partition coefficient (Wildman–Crippen LogP) is 1.99. The van der Waals surface area contributed by atoms with E-state index in [4.69, 9.17) is 11.5 Å². The van der Waals surface area contributed by atoms with E-state index in [9.17, 15) is 4.39 Å². The number of hydrogen-bond acceptors (Lipinski definition) is 2. The van der Waals surface area contributed by atoms with Gasteiger partial charge in [-0.05, 0) is 29.2 Å². The van der Waals surface area contributed by atoms with Gasteiger partial charge in [-0.3, -0.25) is 0 Å². The van der Waals surface area contributed by atoms with Crippen molar-refractivity contribution < 1.29 is 4.39 Å². The van der Waals surface area contributed by atoms with Gasteiger partial charge in [0.25, 0.3) is 0 Å². The molecule has 4 N–H and O–H groups in total. The van der Waals surface area contributed by atoms with Crippen LogP contribution in [0.1, 0.15) is 30.9 Å². The Bertz CT molecular complexity index is 308. The molecule has 0 fully saturated rings. The van der Waals surface area contributed by atoms with Crippen LogP contribution in [0.15, 0.2) is 12.1 Å². The summed E-state index contributed by atoms with van der Waals surface area (Å²) in [6, 6.07) is 3.09. The molecule has 1 rings (SSSR count). The lowest BCUT2D eigenvalue weighted by atomic mass is 9.99. The average Bonchev–Trinajstić information content (AvgIpc) is 2.03. The molecule has 0 radical (unpaired) electrons. The zero-order chi connectivity index (χ0) is 10.0. The molecular weight excluding hydrogens is 167 g/mol. The molecule has 0 spiro atoms. The van der Waals surface area contributed by atoms with Crippen molar-refractivity contribution in [2.45, 2.75) is 26.3 Å². The molecule has 0 saturated heterocycles. The Labute approximate surface area is 77.7 Å². The van der Waals surface area contributed by atoms with Crippen LogP contribution in [0.25, 0.3) is 0 Å². The first kappa shape index (κ1) is 9.99. The van der Waals surface area contributed by atoms with Crippen molar-refractivity contribution in [2.24, 2.45) is 5.73 Å². The number of halogens is 1. The lowest BCUT2D eigenvalue weighted by Gasteiger charge is -2.11. The Balaban J connectivity index is 3.22. The van der Waals surface area contributed by atoms with Crippen molar-refractivity contribution in [2.75, 3.05) is 5.73 Å². The summed E-state index contributed by atoms with van der Waals surface area (Å²) in [4.78, 5) is 0. The summed E-state index contributed by atoms with van der Waals surface area (Å²) in [5, 5.41) is 0. The summed E-state index contributed by atoms with van der Waals surface area (Å²) in [5.41, 5.74) is 13.0. The van der Waals surface area contributed by atoms with Crippen LogP contribution in [0.2, 0.25) is 0 Å². The summed E-state index contributed by atoms with van der Waals surface area (Å²) < 4.78 is 13.3. The Morgan fingerprint density at radius 1 is 1.38 bits per heavy atom. The lowest BCUT2D eigenvalue weighted by molar-refractivity contribution is 0.598. The number of rotatable bonds is 2. The normalized spacial score (nSPS) is 10.8. The maximum Gasteiger partial charge on any atom is 0.128 e. The number of benzene rings is 1. The molecule has 0 atom stereocenters. The van der Waals surface area contributed by atoms with Gasteiger partial charge in [-0.1, -0.05) is 13.8 Å². The van der Waals surface area contributed by atoms with E-state index < -0.39 is 0 Å². The highest BCUT2D eigenvalue weighted by Gasteiger charge is 2.09. The van der Waals surface area contributed by atoms with Gasteiger partial charge in [0.05, 0.1) is 0 Å². The molecule has 0 bridgehead atoms. The minimum atomic E-state index is -0.246. The van der Waals surface area contributed by atoms with Crippen molar-refractivity contribution in [1.29, 1.82) is 0 Å². The Morgan fingerprint density at radius 2 is 2.00 bits per heavy atom. The van der Waals surface area contributed by atoms with Crippen LogP contribution in [0, 0.1) is 5.82 Å². The van der Waals surface area contributed by atoms with Gasteiger partial charge in [0.2, 0.25) is 0 Å². The Morgan fingerprint density at radius 3 is 2.46 bits per heavy atom. The molecule has 0 unspecified atom stereocenters. The van der Waals surface area contributed by atoms with E-state index in [2.05, 4.69) is 0 Å². The van der Waals surface area contributed by atoms with Crippen LogP contribution in [0.5, 0.6) is 0 Å². The zero-order valence-corrected chi connectivity index (χ0v) is 7.97. The van der Waals surface area contributed by atoms with Crippen LogP contribution in [0.3, 0.4) is 0 Å². The zero-order valence-electron chi connectivity index (χ0n) is 7.97. The van der Waals surface area contributed by atoms with E-state index in [-0.39, 0.29) is 11.7 Å². The maximum atomic E-state index is 13.3. The van der Waals surface area contributed by atoms with Crippen molar-refractivity contribution in [1.82, 2.24) is 0 Å². The van der Waals surface area contributed by atoms with Crippen molar-refractivity contribution in [3.63, 3.8) is 0 Å². The quantitative estimate of drug-likeness (QED) is 0.687. The van der Waals surface area contributed by atoms with Crippen LogP contribution in [-0.4, -0.2) is 0 Å². The molecule has 0 amide bonds. The second-order valence-corrected chi connectivity index (χ2v) is 3.43. The minimum Gasteiger partial charge on any atom is -0.398 e. The summed E-state index contributed by atoms with van der Waals surface area (Å²) in [6.07, 6.45) is 0. The molecule has 3 heteroatoms. The van der Waals surface area contributed by atoms with Crippen molar-refractivity contribution >= 4 is 5.69 Å². The van der Waals surface area contributed by atoms with Gasteiger partial charge in [-0.25, -0.2) is 4.39 Å². The molecule has 0 aromatic heterocycles. The first-order valence-electron chi connectivity index (χ1n) is 4.34. The predicted molar refractivity (Wildman–Crippen MR) is 52.8 cm³/mol. The van der Waals surface area contributed by atoms with Gasteiger partial charge in [-0.15, -0.1) is 0 Å². The SMILES string of the molecule is CC(C)c1cc(CN)c(N)cc1F. The lowest BCUT2D eigenvalue weighted by Crippen LogP contribution is -2.05. The minimum absolute atomic E-state index is 0.158. The van der Waals surface area contributed by atoms with Crippen LogP contribution in [0.4, 0.5) is 10.1 Å². The highest BCUT2D eigenvalue weighted by molar-refractivity contribution is 5.49. The second kappa shape index (κ2) is 3.75. The van der Waals surface area contributed by atoms with E-state index in [1.165, 1.54) is 6.07 Å². The monoisotopic (exact) mass is 182 g/mol. The smallest absolute Gasteiger partial charge is 0.128 e. The molecule has 0 aliphatic rings. The number of nitrogens with two attached hydrogens (primary N) is 2. The molecule has 13 heavy (non-hydrogen) atoms. The van der Waals surface area contributed by atoms with Crippen molar-refractivity contribution in [3.05, 3.63) is 29.1 Å². The third-order valence-corrected chi connectivity index (χ3v) is 2.10. The summed E-state index contributed by atoms with van der Waals surface area (Å²) in [7, 11) is 0. The third-order valence-electron chi connectivity index (χ3n) is 2.10. The van der Waals surface area contributed by atoms with Gasteiger partial charge < -0.3 is 11.5 Å². The van der Waals surface area contributed by atoms with Gasteiger partial charge in [0.1, 0.15) is 5.82 Å². The Hall–Kier alpha value is -1.09. The van der Waals surface area contributed by atoms with E-state index in [0.29, 0.717) is 17.8 Å². The van der Waals surface area contributed by atoms with Gasteiger partial charge in [-0.2, -0.15) is 0 Å². The molecular formula is C10H15FN2. The number of anilines is 1. The van der Waals surface area contributed by atoms with E-state index in [1.807, 2.05) is 13.8 Å². The fourth-order valence-corrected chi connectivity index (χ4v) is 1.27. The molecule has 0 saturated carbocycles. The van der Waals surface area contributed by atoms with E-state index >= 15 is 0 Å².